The first kappa shape index (κ1) is 19.8. The van der Waals surface area contributed by atoms with Crippen molar-refractivity contribution >= 4 is 23.1 Å². The quantitative estimate of drug-likeness (QED) is 0.453. The summed E-state index contributed by atoms with van der Waals surface area (Å²) in [5.41, 5.74) is 18.5. The number of aryl methyl sites for hydroxylation is 8. The van der Waals surface area contributed by atoms with Gasteiger partial charge in [0, 0.05) is 0 Å². The number of hydrogen-bond acceptors (Lipinski definition) is 0. The number of hydrogen-bond donors (Lipinski definition) is 0. The van der Waals surface area contributed by atoms with Crippen LogP contribution in [0.5, 0.6) is 0 Å². The lowest BCUT2D eigenvalue weighted by Crippen LogP contribution is -2.27. The van der Waals surface area contributed by atoms with E-state index in [2.05, 4.69) is 97.9 Å². The summed E-state index contributed by atoms with van der Waals surface area (Å²) in [7, 11) is 0. The van der Waals surface area contributed by atoms with Crippen LogP contribution >= 0.6 is 0 Å². The number of rotatable bonds is 3. The van der Waals surface area contributed by atoms with Gasteiger partial charge in [0.05, 0.1) is 0 Å². The van der Waals surface area contributed by atoms with E-state index in [-0.39, 0.29) is 0 Å². The molecule has 4 rings (SSSR count). The SMILES string of the molecule is Cc1cc(C)c(B2C(c3c(C)cccc3C)=C2c2c(C)cc(C)cc2C)c(C)c1. The third-order valence-electron chi connectivity index (χ3n) is 6.51. The molecule has 0 bridgehead atoms. The highest BCUT2D eigenvalue weighted by Crippen LogP contribution is 2.49. The zero-order valence-corrected chi connectivity index (χ0v) is 19.1. The third-order valence-corrected chi connectivity index (χ3v) is 6.51. The van der Waals surface area contributed by atoms with E-state index in [1.54, 1.807) is 0 Å². The van der Waals surface area contributed by atoms with E-state index in [0.29, 0.717) is 6.71 Å². The van der Waals surface area contributed by atoms with E-state index >= 15 is 0 Å². The molecule has 3 aromatic rings. The van der Waals surface area contributed by atoms with Crippen molar-refractivity contribution in [3.63, 3.8) is 0 Å². The van der Waals surface area contributed by atoms with E-state index in [4.69, 9.17) is 0 Å². The van der Waals surface area contributed by atoms with Crippen molar-refractivity contribution in [2.45, 2.75) is 55.4 Å². The molecule has 0 spiro atoms. The lowest BCUT2D eigenvalue weighted by atomic mass is 9.49. The molecule has 0 atom stereocenters. The predicted molar refractivity (Wildman–Crippen MR) is 129 cm³/mol. The molecule has 1 aliphatic rings. The highest BCUT2D eigenvalue weighted by molar-refractivity contribution is 7.19. The molecule has 0 saturated carbocycles. The first-order chi connectivity index (χ1) is 13.7. The molecular weight excluding hydrogens is 347 g/mol. The van der Waals surface area contributed by atoms with Gasteiger partial charge in [-0.3, -0.25) is 0 Å². The molecule has 146 valence electrons. The minimum absolute atomic E-state index is 0.399. The van der Waals surface area contributed by atoms with Gasteiger partial charge in [0.1, 0.15) is 0 Å². The standard InChI is InChI=1S/C28H31B/c1-16-12-20(5)25(21(6)13-16)28-27(24-18(3)10-9-11-19(24)4)29(28)26-22(7)14-17(2)15-23(26)8/h9-15H,1-8H3. The molecule has 0 fully saturated rings. The molecular formula is C28H31B. The summed E-state index contributed by atoms with van der Waals surface area (Å²) in [6.07, 6.45) is 0. The smallest absolute Gasteiger partial charge is 0.0650 e. The van der Waals surface area contributed by atoms with E-state index < -0.39 is 0 Å². The van der Waals surface area contributed by atoms with Crippen LogP contribution in [0.4, 0.5) is 0 Å². The van der Waals surface area contributed by atoms with Gasteiger partial charge in [0.15, 0.2) is 0 Å². The third kappa shape index (κ3) is 3.27. The molecule has 0 unspecified atom stereocenters. The predicted octanol–water partition coefficient (Wildman–Crippen LogP) is 6.56. The lowest BCUT2D eigenvalue weighted by Gasteiger charge is -2.14. The second-order valence-electron chi connectivity index (χ2n) is 9.11. The lowest BCUT2D eigenvalue weighted by molar-refractivity contribution is 1.30. The van der Waals surface area contributed by atoms with Crippen LogP contribution in [0.1, 0.15) is 55.6 Å². The zero-order valence-electron chi connectivity index (χ0n) is 19.1. The Morgan fingerprint density at radius 3 is 1.31 bits per heavy atom. The summed E-state index contributed by atoms with van der Waals surface area (Å²) in [6.45, 7) is 18.4. The van der Waals surface area contributed by atoms with Crippen molar-refractivity contribution in [2.24, 2.45) is 0 Å². The molecule has 0 amide bonds. The summed E-state index contributed by atoms with van der Waals surface area (Å²) >= 11 is 0. The van der Waals surface area contributed by atoms with Gasteiger partial charge >= 0.3 is 0 Å². The van der Waals surface area contributed by atoms with Crippen LogP contribution in [0, 0.1) is 55.4 Å². The molecule has 29 heavy (non-hydrogen) atoms. The normalized spacial score (nSPS) is 13.3. The molecule has 1 heteroatoms. The fraction of sp³-hybridized carbons (Fsp3) is 0.286. The van der Waals surface area contributed by atoms with Crippen LogP contribution < -0.4 is 5.46 Å². The first-order valence-corrected chi connectivity index (χ1v) is 10.7. The molecule has 1 heterocycles. The van der Waals surface area contributed by atoms with Crippen LogP contribution in [-0.4, -0.2) is 6.71 Å². The fourth-order valence-corrected chi connectivity index (χ4v) is 5.56. The summed E-state index contributed by atoms with van der Waals surface area (Å²) < 4.78 is 0. The Morgan fingerprint density at radius 2 is 0.862 bits per heavy atom. The fourth-order valence-electron chi connectivity index (χ4n) is 5.56. The van der Waals surface area contributed by atoms with Gasteiger partial charge in [-0.15, -0.1) is 0 Å². The van der Waals surface area contributed by atoms with Crippen LogP contribution in [0.2, 0.25) is 0 Å². The minimum atomic E-state index is 0.399. The first-order valence-electron chi connectivity index (χ1n) is 10.7. The van der Waals surface area contributed by atoms with Gasteiger partial charge in [-0.2, -0.15) is 0 Å². The highest BCUT2D eigenvalue weighted by atomic mass is 14.3. The van der Waals surface area contributed by atoms with Crippen LogP contribution in [-0.2, 0) is 0 Å². The van der Waals surface area contributed by atoms with Crippen LogP contribution in [0.25, 0.3) is 10.9 Å². The average Bonchev–Trinajstić information content (AvgIpc) is 3.26. The van der Waals surface area contributed by atoms with Gasteiger partial charge in [0.25, 0.3) is 0 Å². The molecule has 0 N–H and O–H groups in total. The van der Waals surface area contributed by atoms with Crippen LogP contribution in [0.3, 0.4) is 0 Å². The highest BCUT2D eigenvalue weighted by Gasteiger charge is 2.46. The average molecular weight is 378 g/mol. The largest absolute Gasteiger partial charge is 0.242 e. The maximum Gasteiger partial charge on any atom is 0.242 e. The maximum absolute atomic E-state index is 2.34. The van der Waals surface area contributed by atoms with E-state index in [0.717, 1.165) is 0 Å². The Kier molecular flexibility index (Phi) is 4.81. The van der Waals surface area contributed by atoms with Gasteiger partial charge in [-0.05, 0) is 88.8 Å². The minimum Gasteiger partial charge on any atom is -0.0650 e. The van der Waals surface area contributed by atoms with Gasteiger partial charge < -0.3 is 0 Å². The Balaban J connectivity index is 2.00. The molecule has 0 aliphatic carbocycles. The van der Waals surface area contributed by atoms with E-state index in [1.807, 2.05) is 0 Å². The molecule has 1 aliphatic heterocycles. The topological polar surface area (TPSA) is 0 Å². The van der Waals surface area contributed by atoms with Crippen molar-refractivity contribution in [1.29, 1.82) is 0 Å². The van der Waals surface area contributed by atoms with Crippen LogP contribution in [0.15, 0.2) is 42.5 Å². The van der Waals surface area contributed by atoms with E-state index in [9.17, 15) is 0 Å². The summed E-state index contributed by atoms with van der Waals surface area (Å²) in [5, 5.41) is 0. The van der Waals surface area contributed by atoms with E-state index in [1.165, 1.54) is 72.0 Å². The Hall–Kier alpha value is -2.54. The second kappa shape index (κ2) is 7.06. The molecule has 0 nitrogen and oxygen atoms in total. The molecule has 0 radical (unpaired) electrons. The van der Waals surface area contributed by atoms with Crippen molar-refractivity contribution < 1.29 is 0 Å². The Bertz CT molecular complexity index is 1110. The summed E-state index contributed by atoms with van der Waals surface area (Å²) in [6, 6.07) is 16.0. The Labute approximate surface area is 176 Å². The molecule has 3 aromatic carbocycles. The maximum atomic E-state index is 2.34. The van der Waals surface area contributed by atoms with Gasteiger partial charge in [-0.1, -0.05) is 81.1 Å². The van der Waals surface area contributed by atoms with Crippen molar-refractivity contribution in [3.8, 4) is 0 Å². The zero-order chi connectivity index (χ0) is 21.0. The van der Waals surface area contributed by atoms with Crippen molar-refractivity contribution in [1.82, 2.24) is 0 Å². The number of benzene rings is 3. The second-order valence-corrected chi connectivity index (χ2v) is 9.11. The monoisotopic (exact) mass is 378 g/mol. The molecule has 0 saturated heterocycles. The van der Waals surface area contributed by atoms with Gasteiger partial charge in [0.2, 0.25) is 6.71 Å². The molecule has 0 aromatic heterocycles. The van der Waals surface area contributed by atoms with Crippen molar-refractivity contribution in [3.05, 3.63) is 98.1 Å². The van der Waals surface area contributed by atoms with Crippen molar-refractivity contribution in [2.75, 3.05) is 0 Å². The Morgan fingerprint density at radius 1 is 0.483 bits per heavy atom. The van der Waals surface area contributed by atoms with Gasteiger partial charge in [-0.25, -0.2) is 0 Å². The summed E-state index contributed by atoms with van der Waals surface area (Å²) in [5.74, 6) is 0. The summed E-state index contributed by atoms with van der Waals surface area (Å²) in [4.78, 5) is 0.